The van der Waals surface area contributed by atoms with Crippen LogP contribution in [0.2, 0.25) is 0 Å². The molecule has 0 aliphatic rings. The van der Waals surface area contributed by atoms with Gasteiger partial charge in [-0.2, -0.15) is 26.3 Å². The standard InChI is InChI=1S/C22H22F6N2O4/c1-33-18-12-14(2-8-17(18)34-13-21(23,24)25)3-9-19(31)29-10-11-30-20(32)15-4-6-16(7-5-15)22(26,27)28/h2,4-8,12H,3,9-11,13H2,1H3,(H,29,31)(H,30,32). The molecule has 0 fully saturated rings. The molecule has 2 aromatic carbocycles. The van der Waals surface area contributed by atoms with Crippen LogP contribution in [0.25, 0.3) is 0 Å². The average molecular weight is 492 g/mol. The van der Waals surface area contributed by atoms with Gasteiger partial charge in [-0.3, -0.25) is 9.59 Å². The molecule has 0 heterocycles. The Hall–Kier alpha value is -3.44. The van der Waals surface area contributed by atoms with Crippen molar-refractivity contribution in [3.8, 4) is 11.5 Å². The van der Waals surface area contributed by atoms with E-state index in [0.717, 1.165) is 24.3 Å². The van der Waals surface area contributed by atoms with Gasteiger partial charge < -0.3 is 20.1 Å². The van der Waals surface area contributed by atoms with Crippen LogP contribution in [0, 0.1) is 0 Å². The van der Waals surface area contributed by atoms with Crippen LogP contribution in [0.1, 0.15) is 27.9 Å². The smallest absolute Gasteiger partial charge is 0.422 e. The van der Waals surface area contributed by atoms with Crippen LogP contribution < -0.4 is 20.1 Å². The lowest BCUT2D eigenvalue weighted by atomic mass is 10.1. The van der Waals surface area contributed by atoms with Gasteiger partial charge in [-0.25, -0.2) is 0 Å². The third kappa shape index (κ3) is 8.83. The van der Waals surface area contributed by atoms with E-state index in [2.05, 4.69) is 10.6 Å². The summed E-state index contributed by atoms with van der Waals surface area (Å²) in [4.78, 5) is 23.9. The maximum absolute atomic E-state index is 12.6. The van der Waals surface area contributed by atoms with Crippen LogP contribution in [0.5, 0.6) is 11.5 Å². The second-order valence-electron chi connectivity index (χ2n) is 7.07. The molecule has 0 radical (unpaired) electrons. The summed E-state index contributed by atoms with van der Waals surface area (Å²) in [5.41, 5.74) is -0.171. The first-order chi connectivity index (χ1) is 15.9. The summed E-state index contributed by atoms with van der Waals surface area (Å²) >= 11 is 0. The minimum absolute atomic E-state index is 0.0518. The second-order valence-corrected chi connectivity index (χ2v) is 7.07. The Balaban J connectivity index is 1.73. The molecule has 0 aromatic heterocycles. The topological polar surface area (TPSA) is 76.7 Å². The predicted octanol–water partition coefficient (Wildman–Crippen LogP) is 4.13. The number of amides is 2. The predicted molar refractivity (Wildman–Crippen MR) is 110 cm³/mol. The number of hydrogen-bond acceptors (Lipinski definition) is 4. The molecule has 2 aromatic rings. The lowest BCUT2D eigenvalue weighted by Crippen LogP contribution is -2.34. The van der Waals surface area contributed by atoms with Crippen molar-refractivity contribution in [1.82, 2.24) is 10.6 Å². The summed E-state index contributed by atoms with van der Waals surface area (Å²) in [7, 11) is 1.28. The van der Waals surface area contributed by atoms with Gasteiger partial charge in [-0.1, -0.05) is 6.07 Å². The summed E-state index contributed by atoms with van der Waals surface area (Å²) in [6, 6.07) is 8.06. The number of carbonyl (C=O) groups excluding carboxylic acids is 2. The Labute approximate surface area is 191 Å². The maximum atomic E-state index is 12.6. The van der Waals surface area contributed by atoms with Crippen molar-refractivity contribution in [2.24, 2.45) is 0 Å². The van der Waals surface area contributed by atoms with E-state index in [1.807, 2.05) is 0 Å². The molecular formula is C22H22F6N2O4. The third-order valence-electron chi connectivity index (χ3n) is 4.47. The Bertz CT molecular complexity index is 975. The van der Waals surface area contributed by atoms with Crippen LogP contribution in [-0.2, 0) is 17.4 Å². The van der Waals surface area contributed by atoms with Crippen LogP contribution >= 0.6 is 0 Å². The van der Waals surface area contributed by atoms with E-state index in [4.69, 9.17) is 9.47 Å². The quantitative estimate of drug-likeness (QED) is 0.386. The van der Waals surface area contributed by atoms with E-state index in [-0.39, 0.29) is 48.9 Å². The molecule has 0 saturated carbocycles. The van der Waals surface area contributed by atoms with E-state index in [1.165, 1.54) is 25.3 Å². The van der Waals surface area contributed by atoms with Gasteiger partial charge in [0, 0.05) is 25.1 Å². The summed E-state index contributed by atoms with van der Waals surface area (Å²) in [5, 5.41) is 5.07. The molecule has 0 atom stereocenters. The Morgan fingerprint density at radius 2 is 1.53 bits per heavy atom. The summed E-state index contributed by atoms with van der Waals surface area (Å²) in [5.74, 6) is -0.881. The minimum atomic E-state index is -4.49. The van der Waals surface area contributed by atoms with E-state index >= 15 is 0 Å². The van der Waals surface area contributed by atoms with Gasteiger partial charge in [0.05, 0.1) is 12.7 Å². The first-order valence-electron chi connectivity index (χ1n) is 9.97. The number of alkyl halides is 6. The molecule has 0 aliphatic heterocycles. The Morgan fingerprint density at radius 1 is 0.882 bits per heavy atom. The highest BCUT2D eigenvalue weighted by atomic mass is 19.4. The number of rotatable bonds is 10. The van der Waals surface area contributed by atoms with Gasteiger partial charge in [-0.05, 0) is 48.4 Å². The van der Waals surface area contributed by atoms with Crippen molar-refractivity contribution in [2.75, 3.05) is 26.8 Å². The first kappa shape index (κ1) is 26.8. The van der Waals surface area contributed by atoms with Crippen molar-refractivity contribution < 1.29 is 45.4 Å². The van der Waals surface area contributed by atoms with Gasteiger partial charge in [0.1, 0.15) is 0 Å². The van der Waals surface area contributed by atoms with Gasteiger partial charge >= 0.3 is 12.4 Å². The van der Waals surface area contributed by atoms with Crippen molar-refractivity contribution >= 4 is 11.8 Å². The van der Waals surface area contributed by atoms with Crippen molar-refractivity contribution in [1.29, 1.82) is 0 Å². The molecule has 0 spiro atoms. The minimum Gasteiger partial charge on any atom is -0.493 e. The molecule has 2 rings (SSSR count). The van der Waals surface area contributed by atoms with Crippen molar-refractivity contribution in [2.45, 2.75) is 25.2 Å². The average Bonchev–Trinajstić information content (AvgIpc) is 2.78. The van der Waals surface area contributed by atoms with Crippen LogP contribution in [-0.4, -0.2) is 44.8 Å². The number of hydrogen-bond donors (Lipinski definition) is 2. The van der Waals surface area contributed by atoms with E-state index in [1.54, 1.807) is 0 Å². The van der Waals surface area contributed by atoms with E-state index in [9.17, 15) is 35.9 Å². The van der Waals surface area contributed by atoms with Gasteiger partial charge in [-0.15, -0.1) is 0 Å². The lowest BCUT2D eigenvalue weighted by Gasteiger charge is -2.13. The van der Waals surface area contributed by atoms with Crippen molar-refractivity contribution in [3.63, 3.8) is 0 Å². The zero-order valence-electron chi connectivity index (χ0n) is 18.0. The molecule has 6 nitrogen and oxygen atoms in total. The van der Waals surface area contributed by atoms with Crippen LogP contribution in [0.4, 0.5) is 26.3 Å². The fourth-order valence-corrected chi connectivity index (χ4v) is 2.78. The number of aryl methyl sites for hydroxylation is 1. The fourth-order valence-electron chi connectivity index (χ4n) is 2.78. The molecular weight excluding hydrogens is 470 g/mol. The van der Waals surface area contributed by atoms with Gasteiger partial charge in [0.15, 0.2) is 18.1 Å². The molecule has 2 amide bonds. The first-order valence-corrected chi connectivity index (χ1v) is 9.97. The molecule has 12 heteroatoms. The molecule has 34 heavy (non-hydrogen) atoms. The number of methoxy groups -OCH3 is 1. The number of benzene rings is 2. The van der Waals surface area contributed by atoms with E-state index < -0.39 is 30.4 Å². The SMILES string of the molecule is COc1cc(CCC(=O)NCCNC(=O)c2ccc(C(F)(F)F)cc2)ccc1OCC(F)(F)F. The molecule has 0 aliphatic carbocycles. The highest BCUT2D eigenvalue weighted by Crippen LogP contribution is 2.30. The lowest BCUT2D eigenvalue weighted by molar-refractivity contribution is -0.153. The summed E-state index contributed by atoms with van der Waals surface area (Å²) in [6.07, 6.45) is -8.63. The van der Waals surface area contributed by atoms with Crippen LogP contribution in [0.3, 0.4) is 0 Å². The Morgan fingerprint density at radius 3 is 2.12 bits per heavy atom. The zero-order chi connectivity index (χ0) is 25.4. The summed E-state index contributed by atoms with van der Waals surface area (Å²) < 4.78 is 84.3. The molecule has 0 unspecified atom stereocenters. The normalized spacial score (nSPS) is 11.6. The Kier molecular flexibility index (Phi) is 9.16. The number of ether oxygens (including phenoxy) is 2. The van der Waals surface area contributed by atoms with Gasteiger partial charge in [0.2, 0.25) is 5.91 Å². The molecule has 0 saturated heterocycles. The monoisotopic (exact) mass is 492 g/mol. The zero-order valence-corrected chi connectivity index (χ0v) is 18.0. The number of carbonyl (C=O) groups is 2. The molecule has 0 bridgehead atoms. The highest BCUT2D eigenvalue weighted by molar-refractivity contribution is 5.94. The molecule has 186 valence electrons. The van der Waals surface area contributed by atoms with Crippen molar-refractivity contribution in [3.05, 3.63) is 59.2 Å². The second kappa shape index (κ2) is 11.6. The fraction of sp³-hybridized carbons (Fsp3) is 0.364. The van der Waals surface area contributed by atoms with E-state index in [0.29, 0.717) is 5.56 Å². The number of halogens is 6. The maximum Gasteiger partial charge on any atom is 0.422 e. The summed E-state index contributed by atoms with van der Waals surface area (Å²) in [6.45, 7) is -1.30. The third-order valence-corrected chi connectivity index (χ3v) is 4.47. The highest BCUT2D eigenvalue weighted by Gasteiger charge is 2.30. The number of nitrogens with one attached hydrogen (secondary N) is 2. The molecule has 2 N–H and O–H groups in total. The van der Waals surface area contributed by atoms with Gasteiger partial charge in [0.25, 0.3) is 5.91 Å². The van der Waals surface area contributed by atoms with Crippen LogP contribution in [0.15, 0.2) is 42.5 Å². The largest absolute Gasteiger partial charge is 0.493 e.